The van der Waals surface area contributed by atoms with E-state index in [2.05, 4.69) is 5.16 Å². The maximum Gasteiger partial charge on any atom is 0.261 e. The van der Waals surface area contributed by atoms with E-state index >= 15 is 0 Å². The second-order valence-electron chi connectivity index (χ2n) is 6.41. The minimum absolute atomic E-state index is 0.109. The zero-order valence-electron chi connectivity index (χ0n) is 16.0. The van der Waals surface area contributed by atoms with Crippen LogP contribution in [0.4, 0.5) is 8.78 Å². The molecular formula is C21H15Cl2F2N3O3. The molecule has 1 atom stereocenters. The summed E-state index contributed by atoms with van der Waals surface area (Å²) in [7, 11) is 0. The average Bonchev–Trinajstić information content (AvgIpc) is 2.70. The van der Waals surface area contributed by atoms with Crippen LogP contribution in [-0.4, -0.2) is 22.3 Å². The Kier molecular flexibility index (Phi) is 6.72. The van der Waals surface area contributed by atoms with Gasteiger partial charge in [-0.1, -0.05) is 34.4 Å². The van der Waals surface area contributed by atoms with Gasteiger partial charge in [-0.3, -0.25) is 14.2 Å². The van der Waals surface area contributed by atoms with Gasteiger partial charge in [0.05, 0.1) is 15.7 Å². The van der Waals surface area contributed by atoms with Crippen molar-refractivity contribution in [2.75, 3.05) is 0 Å². The van der Waals surface area contributed by atoms with Gasteiger partial charge in [0.15, 0.2) is 0 Å². The van der Waals surface area contributed by atoms with Gasteiger partial charge in [0.1, 0.15) is 17.3 Å². The lowest BCUT2D eigenvalue weighted by atomic mass is 10.0. The number of amides is 1. The van der Waals surface area contributed by atoms with Crippen LogP contribution < -0.4 is 11.3 Å². The predicted octanol–water partition coefficient (Wildman–Crippen LogP) is 4.07. The molecule has 0 aliphatic rings. The van der Waals surface area contributed by atoms with E-state index in [9.17, 15) is 18.4 Å². The van der Waals surface area contributed by atoms with E-state index in [4.69, 9.17) is 33.8 Å². The zero-order chi connectivity index (χ0) is 22.7. The number of benzene rings is 2. The summed E-state index contributed by atoms with van der Waals surface area (Å²) in [6, 6.07) is 10.1. The van der Waals surface area contributed by atoms with Crippen molar-refractivity contribution in [3.8, 4) is 5.69 Å². The van der Waals surface area contributed by atoms with Crippen LogP contribution in [-0.2, 0) is 9.63 Å². The highest BCUT2D eigenvalue weighted by Crippen LogP contribution is 2.27. The Balaban J connectivity index is 2.21. The first-order chi connectivity index (χ1) is 14.7. The molecule has 10 heteroatoms. The standard InChI is InChI=1S/C21H15Cl2F2N3O3/c1-11(21(26)30)31-27-19(14-7-6-13(24)9-17(14)25)12-5-8-18(29)28(10-12)20-15(22)3-2-4-16(20)23/h2-11H,1H3,(H2,26,30). The van der Waals surface area contributed by atoms with Crippen LogP contribution in [0.3, 0.4) is 0 Å². The van der Waals surface area contributed by atoms with Crippen molar-refractivity contribution in [3.63, 3.8) is 0 Å². The van der Waals surface area contributed by atoms with E-state index in [1.165, 1.54) is 25.3 Å². The number of carbonyl (C=O) groups excluding carboxylic acids is 1. The summed E-state index contributed by atoms with van der Waals surface area (Å²) in [4.78, 5) is 28.9. The first kappa shape index (κ1) is 22.5. The van der Waals surface area contributed by atoms with Crippen LogP contribution in [0.1, 0.15) is 18.1 Å². The number of para-hydroxylation sites is 1. The smallest absolute Gasteiger partial charge is 0.261 e. The molecule has 0 spiro atoms. The number of halogens is 4. The SMILES string of the molecule is CC(ON=C(c1ccc(=O)n(-c2c(Cl)cccc2Cl)c1)c1ccc(F)cc1F)C(N)=O. The van der Waals surface area contributed by atoms with Crippen molar-refractivity contribution in [2.24, 2.45) is 10.9 Å². The maximum absolute atomic E-state index is 14.5. The number of oxime groups is 1. The van der Waals surface area contributed by atoms with E-state index in [-0.39, 0.29) is 32.6 Å². The number of nitrogens with zero attached hydrogens (tertiary/aromatic N) is 2. The highest BCUT2D eigenvalue weighted by Gasteiger charge is 2.18. The lowest BCUT2D eigenvalue weighted by Gasteiger charge is -2.14. The minimum Gasteiger partial charge on any atom is -0.382 e. The van der Waals surface area contributed by atoms with Crippen LogP contribution in [0.5, 0.6) is 0 Å². The summed E-state index contributed by atoms with van der Waals surface area (Å²) in [5.74, 6) is -2.52. The molecule has 3 rings (SSSR count). The quantitative estimate of drug-likeness (QED) is 0.439. The minimum atomic E-state index is -1.12. The fourth-order valence-electron chi connectivity index (χ4n) is 2.64. The van der Waals surface area contributed by atoms with Gasteiger partial charge >= 0.3 is 0 Å². The summed E-state index contributed by atoms with van der Waals surface area (Å²) in [6.07, 6.45) is 0.206. The van der Waals surface area contributed by atoms with Gasteiger partial charge in [-0.2, -0.15) is 0 Å². The molecule has 160 valence electrons. The van der Waals surface area contributed by atoms with Crippen LogP contribution >= 0.6 is 23.2 Å². The van der Waals surface area contributed by atoms with E-state index in [0.717, 1.165) is 16.7 Å². The summed E-state index contributed by atoms with van der Waals surface area (Å²) in [5, 5.41) is 4.27. The van der Waals surface area contributed by atoms with Crippen molar-refractivity contribution in [3.05, 3.63) is 97.9 Å². The molecule has 0 saturated carbocycles. The second-order valence-corrected chi connectivity index (χ2v) is 7.22. The monoisotopic (exact) mass is 465 g/mol. The zero-order valence-corrected chi connectivity index (χ0v) is 17.5. The Labute approximate surface area is 185 Å². The van der Waals surface area contributed by atoms with Crippen molar-refractivity contribution in [1.82, 2.24) is 4.57 Å². The van der Waals surface area contributed by atoms with Gasteiger partial charge in [-0.05, 0) is 37.3 Å². The third-order valence-corrected chi connectivity index (χ3v) is 4.86. The van der Waals surface area contributed by atoms with Gasteiger partial charge in [0, 0.05) is 29.5 Å². The van der Waals surface area contributed by atoms with Gasteiger partial charge in [-0.25, -0.2) is 8.78 Å². The van der Waals surface area contributed by atoms with Crippen molar-refractivity contribution in [2.45, 2.75) is 13.0 Å². The third-order valence-electron chi connectivity index (χ3n) is 4.25. The number of aromatic nitrogens is 1. The molecule has 0 fully saturated rings. The number of hydrogen-bond acceptors (Lipinski definition) is 4. The van der Waals surface area contributed by atoms with Crippen LogP contribution in [0, 0.1) is 11.6 Å². The average molecular weight is 466 g/mol. The fourth-order valence-corrected chi connectivity index (χ4v) is 3.22. The summed E-state index contributed by atoms with van der Waals surface area (Å²) < 4.78 is 29.1. The molecule has 1 aromatic heterocycles. The number of primary amides is 1. The van der Waals surface area contributed by atoms with Gasteiger partial charge in [0.25, 0.3) is 11.5 Å². The molecule has 31 heavy (non-hydrogen) atoms. The highest BCUT2D eigenvalue weighted by molar-refractivity contribution is 6.37. The Morgan fingerprint density at radius 2 is 1.81 bits per heavy atom. The summed E-state index contributed by atoms with van der Waals surface area (Å²) >= 11 is 12.4. The molecule has 0 aliphatic heterocycles. The number of nitrogens with two attached hydrogens (primary N) is 1. The maximum atomic E-state index is 14.5. The summed E-state index contributed by atoms with van der Waals surface area (Å²) in [5.41, 5.74) is 4.88. The molecule has 0 saturated heterocycles. The molecule has 1 unspecified atom stereocenters. The molecule has 0 radical (unpaired) electrons. The lowest BCUT2D eigenvalue weighted by molar-refractivity contribution is -0.128. The molecule has 2 aromatic carbocycles. The fraction of sp³-hybridized carbons (Fsp3) is 0.0952. The third kappa shape index (κ3) is 4.92. The van der Waals surface area contributed by atoms with E-state index < -0.39 is 29.2 Å². The first-order valence-electron chi connectivity index (χ1n) is 8.85. The molecule has 2 N–H and O–H groups in total. The lowest BCUT2D eigenvalue weighted by Crippen LogP contribution is -2.27. The molecule has 1 heterocycles. The Morgan fingerprint density at radius 1 is 1.13 bits per heavy atom. The van der Waals surface area contributed by atoms with Crippen molar-refractivity contribution < 1.29 is 18.4 Å². The predicted molar refractivity (Wildman–Crippen MR) is 114 cm³/mol. The number of rotatable bonds is 6. The Morgan fingerprint density at radius 3 is 2.42 bits per heavy atom. The Hall–Kier alpha value is -3.23. The first-order valence-corrected chi connectivity index (χ1v) is 9.60. The molecule has 3 aromatic rings. The molecular weight excluding hydrogens is 451 g/mol. The molecule has 0 bridgehead atoms. The number of pyridine rings is 1. The number of hydrogen-bond donors (Lipinski definition) is 1. The van der Waals surface area contributed by atoms with E-state index in [0.29, 0.717) is 6.07 Å². The largest absolute Gasteiger partial charge is 0.382 e. The topological polar surface area (TPSA) is 86.7 Å². The van der Waals surface area contributed by atoms with Crippen LogP contribution in [0.15, 0.2) is 64.7 Å². The van der Waals surface area contributed by atoms with E-state index in [1.54, 1.807) is 18.2 Å². The molecule has 6 nitrogen and oxygen atoms in total. The van der Waals surface area contributed by atoms with E-state index in [1.807, 2.05) is 0 Å². The second kappa shape index (κ2) is 9.28. The van der Waals surface area contributed by atoms with Crippen LogP contribution in [0.2, 0.25) is 10.0 Å². The molecule has 1 amide bonds. The van der Waals surface area contributed by atoms with Crippen molar-refractivity contribution >= 4 is 34.8 Å². The summed E-state index contributed by atoms with van der Waals surface area (Å²) in [6.45, 7) is 1.36. The van der Waals surface area contributed by atoms with Crippen molar-refractivity contribution in [1.29, 1.82) is 0 Å². The van der Waals surface area contributed by atoms with Gasteiger partial charge in [-0.15, -0.1) is 0 Å². The van der Waals surface area contributed by atoms with Gasteiger partial charge < -0.3 is 10.6 Å². The highest BCUT2D eigenvalue weighted by atomic mass is 35.5. The van der Waals surface area contributed by atoms with Crippen LogP contribution in [0.25, 0.3) is 5.69 Å². The number of carbonyl (C=O) groups is 1. The molecule has 0 aliphatic carbocycles. The van der Waals surface area contributed by atoms with Gasteiger partial charge in [0.2, 0.25) is 6.10 Å². The Bertz CT molecular complexity index is 1220. The normalized spacial score (nSPS) is 12.5.